The standard InChI is InChI=1S/C22H16O3/c1-24-20-12-11-15-7-5-6-10-18(15)19(20)13-17-14-21(25-22(17)23)16-8-3-2-4-9-16/h2-14H,1H3. The molecule has 3 aromatic rings. The Morgan fingerprint density at radius 1 is 0.920 bits per heavy atom. The van der Waals surface area contributed by atoms with E-state index in [0.29, 0.717) is 11.3 Å². The Morgan fingerprint density at radius 2 is 1.68 bits per heavy atom. The van der Waals surface area contributed by atoms with Crippen LogP contribution in [-0.2, 0) is 9.53 Å². The van der Waals surface area contributed by atoms with Gasteiger partial charge in [-0.3, -0.25) is 0 Å². The number of esters is 1. The largest absolute Gasteiger partial charge is 0.496 e. The molecule has 0 fully saturated rings. The van der Waals surface area contributed by atoms with Crippen LogP contribution < -0.4 is 4.74 Å². The van der Waals surface area contributed by atoms with Crippen molar-refractivity contribution in [3.63, 3.8) is 0 Å². The van der Waals surface area contributed by atoms with Crippen molar-refractivity contribution in [3.8, 4) is 5.75 Å². The molecule has 0 aromatic heterocycles. The van der Waals surface area contributed by atoms with Crippen LogP contribution in [0.1, 0.15) is 11.1 Å². The fraction of sp³-hybridized carbons (Fsp3) is 0.0455. The van der Waals surface area contributed by atoms with Crippen LogP contribution in [0.5, 0.6) is 5.75 Å². The van der Waals surface area contributed by atoms with Crippen molar-refractivity contribution in [3.05, 3.63) is 89.5 Å². The lowest BCUT2D eigenvalue weighted by Gasteiger charge is -2.09. The van der Waals surface area contributed by atoms with Gasteiger partial charge in [0.2, 0.25) is 0 Å². The Labute approximate surface area is 145 Å². The number of carbonyl (C=O) groups is 1. The molecule has 0 bridgehead atoms. The van der Waals surface area contributed by atoms with Gasteiger partial charge in [-0.15, -0.1) is 0 Å². The van der Waals surface area contributed by atoms with E-state index in [2.05, 4.69) is 0 Å². The van der Waals surface area contributed by atoms with E-state index >= 15 is 0 Å². The zero-order chi connectivity index (χ0) is 17.2. The molecule has 0 atom stereocenters. The molecule has 4 rings (SSSR count). The fourth-order valence-corrected chi connectivity index (χ4v) is 2.99. The van der Waals surface area contributed by atoms with E-state index < -0.39 is 0 Å². The second kappa shape index (κ2) is 6.29. The first-order chi connectivity index (χ1) is 12.3. The maximum Gasteiger partial charge on any atom is 0.343 e. The Balaban J connectivity index is 1.85. The molecule has 3 heteroatoms. The molecule has 1 aliphatic rings. The monoisotopic (exact) mass is 328 g/mol. The molecule has 0 radical (unpaired) electrons. The Kier molecular flexibility index (Phi) is 3.82. The Morgan fingerprint density at radius 3 is 2.48 bits per heavy atom. The smallest absolute Gasteiger partial charge is 0.343 e. The highest BCUT2D eigenvalue weighted by molar-refractivity contribution is 6.07. The fourth-order valence-electron chi connectivity index (χ4n) is 2.99. The van der Waals surface area contributed by atoms with Gasteiger partial charge in [-0.2, -0.15) is 0 Å². The van der Waals surface area contributed by atoms with E-state index in [1.54, 1.807) is 13.2 Å². The number of cyclic esters (lactones) is 1. The number of carbonyl (C=O) groups excluding carboxylic acids is 1. The molecule has 1 heterocycles. The number of fused-ring (bicyclic) bond motifs is 1. The summed E-state index contributed by atoms with van der Waals surface area (Å²) in [6.45, 7) is 0. The van der Waals surface area contributed by atoms with Gasteiger partial charge < -0.3 is 9.47 Å². The lowest BCUT2D eigenvalue weighted by molar-refractivity contribution is -0.130. The SMILES string of the molecule is COc1ccc2ccccc2c1C=C1C=C(c2ccccc2)OC1=O. The van der Waals surface area contributed by atoms with Crippen molar-refractivity contribution in [2.75, 3.05) is 7.11 Å². The zero-order valence-electron chi connectivity index (χ0n) is 13.7. The summed E-state index contributed by atoms with van der Waals surface area (Å²) < 4.78 is 10.9. The van der Waals surface area contributed by atoms with Gasteiger partial charge in [0.05, 0.1) is 12.7 Å². The summed E-state index contributed by atoms with van der Waals surface area (Å²) in [4.78, 5) is 12.3. The zero-order valence-corrected chi connectivity index (χ0v) is 13.7. The van der Waals surface area contributed by atoms with Gasteiger partial charge in [0, 0.05) is 11.1 Å². The minimum Gasteiger partial charge on any atom is -0.496 e. The van der Waals surface area contributed by atoms with E-state index in [-0.39, 0.29) is 5.97 Å². The maximum absolute atomic E-state index is 12.3. The number of methoxy groups -OCH3 is 1. The Hall–Kier alpha value is -3.33. The molecule has 1 aliphatic heterocycles. The number of hydrogen-bond acceptors (Lipinski definition) is 3. The van der Waals surface area contributed by atoms with E-state index in [9.17, 15) is 4.79 Å². The summed E-state index contributed by atoms with van der Waals surface area (Å²) in [5.74, 6) is 0.936. The minimum atomic E-state index is -0.353. The van der Waals surface area contributed by atoms with Crippen LogP contribution >= 0.6 is 0 Å². The van der Waals surface area contributed by atoms with Crippen LogP contribution in [0.4, 0.5) is 0 Å². The molecule has 0 aliphatic carbocycles. The lowest BCUT2D eigenvalue weighted by atomic mass is 10.0. The van der Waals surface area contributed by atoms with Gasteiger partial charge in [0.1, 0.15) is 11.5 Å². The molecule has 0 spiro atoms. The highest BCUT2D eigenvalue weighted by atomic mass is 16.5. The van der Waals surface area contributed by atoms with Crippen molar-refractivity contribution in [2.24, 2.45) is 0 Å². The van der Waals surface area contributed by atoms with Crippen molar-refractivity contribution < 1.29 is 14.3 Å². The maximum atomic E-state index is 12.3. The average Bonchev–Trinajstić information content (AvgIpc) is 3.03. The minimum absolute atomic E-state index is 0.353. The van der Waals surface area contributed by atoms with E-state index in [1.165, 1.54) is 0 Å². The second-order valence-corrected chi connectivity index (χ2v) is 5.77. The summed E-state index contributed by atoms with van der Waals surface area (Å²) in [7, 11) is 1.63. The third kappa shape index (κ3) is 2.81. The highest BCUT2D eigenvalue weighted by Crippen LogP contribution is 2.33. The highest BCUT2D eigenvalue weighted by Gasteiger charge is 2.22. The summed E-state index contributed by atoms with van der Waals surface area (Å²) in [6, 6.07) is 21.5. The van der Waals surface area contributed by atoms with Crippen molar-refractivity contribution in [2.45, 2.75) is 0 Å². The summed E-state index contributed by atoms with van der Waals surface area (Å²) in [5.41, 5.74) is 2.26. The first-order valence-corrected chi connectivity index (χ1v) is 8.03. The van der Waals surface area contributed by atoms with Gasteiger partial charge in [-0.05, 0) is 29.0 Å². The van der Waals surface area contributed by atoms with E-state index in [0.717, 1.165) is 27.6 Å². The van der Waals surface area contributed by atoms with Gasteiger partial charge in [0.15, 0.2) is 0 Å². The second-order valence-electron chi connectivity index (χ2n) is 5.77. The topological polar surface area (TPSA) is 35.5 Å². The van der Waals surface area contributed by atoms with Gasteiger partial charge in [0.25, 0.3) is 0 Å². The normalized spacial score (nSPS) is 15.3. The van der Waals surface area contributed by atoms with E-state index in [4.69, 9.17) is 9.47 Å². The molecular weight excluding hydrogens is 312 g/mol. The molecule has 122 valence electrons. The molecule has 0 unspecified atom stereocenters. The van der Waals surface area contributed by atoms with E-state index in [1.807, 2.05) is 72.8 Å². The molecule has 0 saturated carbocycles. The quantitative estimate of drug-likeness (QED) is 0.510. The first-order valence-electron chi connectivity index (χ1n) is 8.03. The molecule has 25 heavy (non-hydrogen) atoms. The summed E-state index contributed by atoms with van der Waals surface area (Å²) in [5, 5.41) is 2.12. The van der Waals surface area contributed by atoms with Crippen LogP contribution in [0.3, 0.4) is 0 Å². The third-order valence-electron chi connectivity index (χ3n) is 4.23. The van der Waals surface area contributed by atoms with Gasteiger partial charge >= 0.3 is 5.97 Å². The van der Waals surface area contributed by atoms with Gasteiger partial charge in [-0.1, -0.05) is 60.7 Å². The molecular formula is C22H16O3. The Bertz CT molecular complexity index is 1010. The summed E-state index contributed by atoms with van der Waals surface area (Å²) in [6.07, 6.45) is 3.61. The predicted molar refractivity (Wildman–Crippen MR) is 99.0 cm³/mol. The van der Waals surface area contributed by atoms with Crippen LogP contribution in [-0.4, -0.2) is 13.1 Å². The molecule has 3 nitrogen and oxygen atoms in total. The molecule has 0 saturated heterocycles. The number of rotatable bonds is 3. The lowest BCUT2D eigenvalue weighted by Crippen LogP contribution is -1.98. The molecule has 0 amide bonds. The number of ether oxygens (including phenoxy) is 2. The first kappa shape index (κ1) is 15.2. The van der Waals surface area contributed by atoms with Gasteiger partial charge in [-0.25, -0.2) is 4.79 Å². The average molecular weight is 328 g/mol. The molecule has 0 N–H and O–H groups in total. The van der Waals surface area contributed by atoms with Crippen LogP contribution in [0.25, 0.3) is 22.6 Å². The van der Waals surface area contributed by atoms with Crippen LogP contribution in [0.15, 0.2) is 78.4 Å². The molecule has 3 aromatic carbocycles. The number of hydrogen-bond donors (Lipinski definition) is 0. The van der Waals surface area contributed by atoms with Crippen LogP contribution in [0.2, 0.25) is 0 Å². The number of benzene rings is 3. The predicted octanol–water partition coefficient (Wildman–Crippen LogP) is 4.83. The van der Waals surface area contributed by atoms with Crippen molar-refractivity contribution >= 4 is 28.6 Å². The summed E-state index contributed by atoms with van der Waals surface area (Å²) >= 11 is 0. The van der Waals surface area contributed by atoms with Crippen molar-refractivity contribution in [1.82, 2.24) is 0 Å². The third-order valence-corrected chi connectivity index (χ3v) is 4.23. The van der Waals surface area contributed by atoms with Crippen molar-refractivity contribution in [1.29, 1.82) is 0 Å². The van der Waals surface area contributed by atoms with Crippen LogP contribution in [0, 0.1) is 0 Å².